The fourth-order valence-electron chi connectivity index (χ4n) is 4.81. The van der Waals surface area contributed by atoms with Gasteiger partial charge >= 0.3 is 0 Å². The second kappa shape index (κ2) is 9.79. The molecule has 1 saturated heterocycles. The Morgan fingerprint density at radius 3 is 2.23 bits per heavy atom. The molecular weight excluding hydrogens is 465 g/mol. The van der Waals surface area contributed by atoms with E-state index < -0.39 is 15.8 Å². The zero-order chi connectivity index (χ0) is 24.4. The Kier molecular flexibility index (Phi) is 6.58. The number of amides is 1. The summed E-state index contributed by atoms with van der Waals surface area (Å²) in [5, 5.41) is 0. The van der Waals surface area contributed by atoms with Gasteiger partial charge in [-0.3, -0.25) is 4.79 Å². The number of hydrogen-bond donors (Lipinski definition) is 0. The number of nitrogens with zero attached hydrogens (tertiary/aromatic N) is 3. The fourth-order valence-corrected chi connectivity index (χ4v) is 6.28. The van der Waals surface area contributed by atoms with E-state index in [4.69, 9.17) is 0 Å². The smallest absolute Gasteiger partial charge is 0.253 e. The van der Waals surface area contributed by atoms with E-state index in [1.54, 1.807) is 4.90 Å². The lowest BCUT2D eigenvalue weighted by Gasteiger charge is -2.31. The molecule has 2 aliphatic heterocycles. The Morgan fingerprint density at radius 1 is 0.771 bits per heavy atom. The molecule has 3 aromatic carbocycles. The molecule has 0 saturated carbocycles. The molecule has 0 bridgehead atoms. The van der Waals surface area contributed by atoms with Crippen molar-refractivity contribution in [3.8, 4) is 0 Å². The van der Waals surface area contributed by atoms with Crippen molar-refractivity contribution in [1.82, 2.24) is 9.21 Å². The summed E-state index contributed by atoms with van der Waals surface area (Å²) < 4.78 is 40.5. The Labute approximate surface area is 205 Å². The van der Waals surface area contributed by atoms with Crippen LogP contribution in [0.15, 0.2) is 77.7 Å². The first-order valence-corrected chi connectivity index (χ1v) is 13.3. The number of carbonyl (C=O) groups is 1. The number of hydrogen-bond acceptors (Lipinski definition) is 4. The number of anilines is 1. The Balaban J connectivity index is 1.23. The molecule has 0 N–H and O–H groups in total. The molecule has 0 atom stereocenters. The summed E-state index contributed by atoms with van der Waals surface area (Å²) in [5.74, 6) is -0.575. The van der Waals surface area contributed by atoms with E-state index in [0.717, 1.165) is 37.3 Å². The first-order chi connectivity index (χ1) is 16.9. The fraction of sp³-hybridized carbons (Fsp3) is 0.296. The largest absolute Gasteiger partial charge is 0.367 e. The van der Waals surface area contributed by atoms with Gasteiger partial charge in [0.05, 0.1) is 4.90 Å². The summed E-state index contributed by atoms with van der Waals surface area (Å²) >= 11 is 0. The number of fused-ring (bicyclic) bond motifs is 1. The first kappa shape index (κ1) is 23.5. The molecule has 0 unspecified atom stereocenters. The van der Waals surface area contributed by atoms with E-state index in [1.165, 1.54) is 27.6 Å². The van der Waals surface area contributed by atoms with Gasteiger partial charge in [0.1, 0.15) is 5.82 Å². The Bertz CT molecular complexity index is 1310. The highest BCUT2D eigenvalue weighted by molar-refractivity contribution is 7.89. The zero-order valence-corrected chi connectivity index (χ0v) is 20.3. The summed E-state index contributed by atoms with van der Waals surface area (Å²) in [6, 6.07) is 21.0. The van der Waals surface area contributed by atoms with E-state index in [1.807, 2.05) is 24.3 Å². The van der Waals surface area contributed by atoms with Gasteiger partial charge in [-0.1, -0.05) is 24.3 Å². The topological polar surface area (TPSA) is 60.9 Å². The molecule has 0 spiro atoms. The van der Waals surface area contributed by atoms with Crippen LogP contribution < -0.4 is 4.90 Å². The van der Waals surface area contributed by atoms with Gasteiger partial charge < -0.3 is 9.80 Å². The minimum atomic E-state index is -3.73. The standard InChI is InChI=1S/C27H28FN3O3S/c28-24-8-12-26(13-9-24)35(33,34)31-16-3-15-29(18-19-31)27(32)22-6-10-25(11-7-22)30-17-14-21-4-1-2-5-23(21)20-30/h1-2,4-13H,3,14-20H2. The second-order valence-electron chi connectivity index (χ2n) is 8.99. The molecule has 0 radical (unpaired) electrons. The zero-order valence-electron chi connectivity index (χ0n) is 19.4. The molecule has 0 aliphatic carbocycles. The number of benzene rings is 3. The van der Waals surface area contributed by atoms with E-state index in [9.17, 15) is 17.6 Å². The molecule has 2 aliphatic rings. The molecule has 6 nitrogen and oxygen atoms in total. The Hall–Kier alpha value is -3.23. The van der Waals surface area contributed by atoms with Gasteiger partial charge in [0, 0.05) is 50.5 Å². The highest BCUT2D eigenvalue weighted by Crippen LogP contribution is 2.25. The van der Waals surface area contributed by atoms with Crippen molar-refractivity contribution in [1.29, 1.82) is 0 Å². The molecule has 2 heterocycles. The number of carbonyl (C=O) groups excluding carboxylic acids is 1. The molecule has 0 aromatic heterocycles. The summed E-state index contributed by atoms with van der Waals surface area (Å²) in [5.41, 5.74) is 4.42. The van der Waals surface area contributed by atoms with Crippen LogP contribution in [0.2, 0.25) is 0 Å². The molecule has 182 valence electrons. The van der Waals surface area contributed by atoms with E-state index >= 15 is 0 Å². The van der Waals surface area contributed by atoms with Crippen molar-refractivity contribution in [2.45, 2.75) is 24.3 Å². The van der Waals surface area contributed by atoms with E-state index in [2.05, 4.69) is 29.2 Å². The Morgan fingerprint density at radius 2 is 1.49 bits per heavy atom. The minimum Gasteiger partial charge on any atom is -0.367 e. The van der Waals surface area contributed by atoms with E-state index in [-0.39, 0.29) is 17.3 Å². The van der Waals surface area contributed by atoms with Crippen LogP contribution in [0, 0.1) is 5.82 Å². The first-order valence-electron chi connectivity index (χ1n) is 11.9. The third-order valence-electron chi connectivity index (χ3n) is 6.80. The molecule has 5 rings (SSSR count). The third-order valence-corrected chi connectivity index (χ3v) is 8.72. The van der Waals surface area contributed by atoms with E-state index in [0.29, 0.717) is 31.6 Å². The van der Waals surface area contributed by atoms with Crippen molar-refractivity contribution in [2.75, 3.05) is 37.6 Å². The normalized spacial score (nSPS) is 17.1. The molecule has 8 heteroatoms. The number of halogens is 1. The van der Waals surface area contributed by atoms with Crippen molar-refractivity contribution >= 4 is 21.6 Å². The van der Waals surface area contributed by atoms with Crippen molar-refractivity contribution in [3.05, 3.63) is 95.3 Å². The van der Waals surface area contributed by atoms with Crippen LogP contribution in [0.5, 0.6) is 0 Å². The lowest BCUT2D eigenvalue weighted by Crippen LogP contribution is -2.37. The van der Waals surface area contributed by atoms with Crippen LogP contribution in [0.4, 0.5) is 10.1 Å². The summed E-state index contributed by atoms with van der Waals surface area (Å²) in [4.78, 5) is 17.3. The second-order valence-corrected chi connectivity index (χ2v) is 10.9. The highest BCUT2D eigenvalue weighted by atomic mass is 32.2. The number of rotatable bonds is 4. The van der Waals surface area contributed by atoms with Gasteiger partial charge in [-0.05, 0) is 72.5 Å². The maximum Gasteiger partial charge on any atom is 0.253 e. The molecule has 35 heavy (non-hydrogen) atoms. The van der Waals surface area contributed by atoms with Crippen molar-refractivity contribution in [3.63, 3.8) is 0 Å². The monoisotopic (exact) mass is 493 g/mol. The molecule has 3 aromatic rings. The maximum atomic E-state index is 13.2. The van der Waals surface area contributed by atoms with Gasteiger partial charge in [-0.2, -0.15) is 4.31 Å². The van der Waals surface area contributed by atoms with Crippen LogP contribution in [0.25, 0.3) is 0 Å². The summed E-state index contributed by atoms with van der Waals surface area (Å²) in [6.45, 7) is 3.11. The lowest BCUT2D eigenvalue weighted by atomic mass is 9.99. The molecular formula is C27H28FN3O3S. The molecule has 1 amide bonds. The summed E-state index contributed by atoms with van der Waals surface area (Å²) in [6.07, 6.45) is 1.54. The van der Waals surface area contributed by atoms with Crippen LogP contribution in [-0.2, 0) is 23.0 Å². The van der Waals surface area contributed by atoms with Crippen molar-refractivity contribution in [2.24, 2.45) is 0 Å². The average Bonchev–Trinajstić information content (AvgIpc) is 3.15. The predicted molar refractivity (Wildman–Crippen MR) is 133 cm³/mol. The minimum absolute atomic E-state index is 0.0644. The highest BCUT2D eigenvalue weighted by Gasteiger charge is 2.28. The quantitative estimate of drug-likeness (QED) is 0.553. The lowest BCUT2D eigenvalue weighted by molar-refractivity contribution is 0.0764. The maximum absolute atomic E-state index is 13.2. The average molecular weight is 494 g/mol. The van der Waals surface area contributed by atoms with Crippen LogP contribution >= 0.6 is 0 Å². The van der Waals surface area contributed by atoms with Gasteiger partial charge in [-0.15, -0.1) is 0 Å². The van der Waals surface area contributed by atoms with Crippen LogP contribution in [0.3, 0.4) is 0 Å². The summed E-state index contributed by atoms with van der Waals surface area (Å²) in [7, 11) is -3.73. The van der Waals surface area contributed by atoms with Gasteiger partial charge in [-0.25, -0.2) is 12.8 Å². The van der Waals surface area contributed by atoms with Gasteiger partial charge in [0.2, 0.25) is 10.0 Å². The predicted octanol–water partition coefficient (Wildman–Crippen LogP) is 3.93. The molecule has 1 fully saturated rings. The SMILES string of the molecule is O=C(c1ccc(N2CCc3ccccc3C2)cc1)N1CCCN(S(=O)(=O)c2ccc(F)cc2)CC1. The van der Waals surface area contributed by atoms with Crippen LogP contribution in [0.1, 0.15) is 27.9 Å². The number of sulfonamides is 1. The van der Waals surface area contributed by atoms with Crippen LogP contribution in [-0.4, -0.2) is 56.3 Å². The third kappa shape index (κ3) is 4.94. The van der Waals surface area contributed by atoms with Crippen molar-refractivity contribution < 1.29 is 17.6 Å². The van der Waals surface area contributed by atoms with Gasteiger partial charge in [0.15, 0.2) is 0 Å². The van der Waals surface area contributed by atoms with Gasteiger partial charge in [0.25, 0.3) is 5.91 Å².